The summed E-state index contributed by atoms with van der Waals surface area (Å²) in [6, 6.07) is 9.41. The Morgan fingerprint density at radius 2 is 1.76 bits per heavy atom. The van der Waals surface area contributed by atoms with Gasteiger partial charge >= 0.3 is 0 Å². The third-order valence-electron chi connectivity index (χ3n) is 4.87. The summed E-state index contributed by atoms with van der Waals surface area (Å²) in [5, 5.41) is 6.31. The fourth-order valence-corrected chi connectivity index (χ4v) is 3.41. The first kappa shape index (κ1) is 26.2. The second-order valence-electron chi connectivity index (χ2n) is 9.77. The molecule has 0 radical (unpaired) electrons. The first-order valence-corrected chi connectivity index (χ1v) is 11.5. The van der Waals surface area contributed by atoms with E-state index in [1.165, 1.54) is 0 Å². The fourth-order valence-electron chi connectivity index (χ4n) is 3.41. The number of pyridine rings is 1. The third kappa shape index (κ3) is 9.12. The molecule has 0 fully saturated rings. The van der Waals surface area contributed by atoms with Gasteiger partial charge in [0.15, 0.2) is 0 Å². The molecular formula is C26H38N4O3. The number of aryl methyl sites for hydroxylation is 1. The zero-order valence-corrected chi connectivity index (χ0v) is 20.9. The van der Waals surface area contributed by atoms with E-state index >= 15 is 0 Å². The minimum absolute atomic E-state index is 0.0330. The van der Waals surface area contributed by atoms with E-state index in [-0.39, 0.29) is 35.9 Å². The van der Waals surface area contributed by atoms with Gasteiger partial charge in [0.2, 0.25) is 5.91 Å². The van der Waals surface area contributed by atoms with Crippen LogP contribution in [-0.2, 0) is 4.79 Å². The molecule has 2 rings (SSSR count). The maximum atomic E-state index is 13.3. The van der Waals surface area contributed by atoms with E-state index in [2.05, 4.69) is 15.6 Å². The number of carbonyl (C=O) groups is 2. The van der Waals surface area contributed by atoms with Crippen LogP contribution < -0.4 is 15.4 Å². The molecule has 0 aliphatic heterocycles. The topological polar surface area (TPSA) is 83.6 Å². The van der Waals surface area contributed by atoms with Gasteiger partial charge in [-0.2, -0.15) is 0 Å². The van der Waals surface area contributed by atoms with Gasteiger partial charge in [-0.3, -0.25) is 14.6 Å². The van der Waals surface area contributed by atoms with Crippen molar-refractivity contribution in [2.45, 2.75) is 72.5 Å². The number of rotatable bonds is 10. The smallest absolute Gasteiger partial charge is 0.254 e. The number of carbonyl (C=O) groups excluding carboxylic acids is 2. The van der Waals surface area contributed by atoms with Crippen LogP contribution >= 0.6 is 0 Å². The van der Waals surface area contributed by atoms with Crippen molar-refractivity contribution in [3.05, 3.63) is 53.9 Å². The summed E-state index contributed by atoms with van der Waals surface area (Å²) in [7, 11) is 0. The molecule has 0 spiro atoms. The monoisotopic (exact) mass is 454 g/mol. The Hall–Kier alpha value is -3.09. The van der Waals surface area contributed by atoms with E-state index in [1.54, 1.807) is 23.4 Å². The molecule has 7 nitrogen and oxygen atoms in total. The van der Waals surface area contributed by atoms with E-state index in [1.807, 2.05) is 72.7 Å². The zero-order valence-electron chi connectivity index (χ0n) is 20.9. The summed E-state index contributed by atoms with van der Waals surface area (Å²) >= 11 is 0. The number of nitrogens with zero attached hydrogens (tertiary/aromatic N) is 2. The number of hydrogen-bond donors (Lipinski definition) is 2. The second kappa shape index (κ2) is 11.7. The van der Waals surface area contributed by atoms with E-state index in [9.17, 15) is 9.59 Å². The molecule has 0 bridgehead atoms. The number of nitrogens with one attached hydrogen (secondary N) is 2. The van der Waals surface area contributed by atoms with E-state index in [0.717, 1.165) is 11.3 Å². The average molecular weight is 455 g/mol. The molecule has 0 aliphatic carbocycles. The van der Waals surface area contributed by atoms with E-state index in [0.29, 0.717) is 24.5 Å². The van der Waals surface area contributed by atoms with Crippen LogP contribution in [0.3, 0.4) is 0 Å². The van der Waals surface area contributed by atoms with Crippen LogP contribution in [0.4, 0.5) is 5.69 Å². The maximum Gasteiger partial charge on any atom is 0.254 e. The molecule has 1 heterocycles. The Morgan fingerprint density at radius 1 is 1.09 bits per heavy atom. The molecule has 1 atom stereocenters. The average Bonchev–Trinajstić information content (AvgIpc) is 2.71. The highest BCUT2D eigenvalue weighted by Gasteiger charge is 2.22. The summed E-state index contributed by atoms with van der Waals surface area (Å²) in [6.45, 7) is 14.5. The Morgan fingerprint density at radius 3 is 2.36 bits per heavy atom. The van der Waals surface area contributed by atoms with Crippen molar-refractivity contribution in [2.24, 2.45) is 0 Å². The van der Waals surface area contributed by atoms with Crippen LogP contribution in [0.5, 0.6) is 5.75 Å². The maximum absolute atomic E-state index is 13.3. The first-order valence-electron chi connectivity index (χ1n) is 11.5. The van der Waals surface area contributed by atoms with Crippen LogP contribution in [0.2, 0.25) is 0 Å². The van der Waals surface area contributed by atoms with Crippen LogP contribution in [-0.4, -0.2) is 52.5 Å². The van der Waals surface area contributed by atoms with Gasteiger partial charge in [-0.15, -0.1) is 0 Å². The van der Waals surface area contributed by atoms with E-state index < -0.39 is 0 Å². The molecule has 0 saturated heterocycles. The standard InChI is InChI=1S/C26H38N4O3/c1-18(2)30(13-10-24(31)29-26(5,6)7)25(32)21-14-19(3)15-23(16-21)33-17-20(4)28-22-8-11-27-12-9-22/h8-9,11-12,14-16,18,20H,10,13,17H2,1-7H3,(H,27,28)(H,29,31)/t20-/m0/s1. The summed E-state index contributed by atoms with van der Waals surface area (Å²) in [5.74, 6) is 0.478. The normalized spacial score (nSPS) is 12.2. The molecular weight excluding hydrogens is 416 g/mol. The van der Waals surface area contributed by atoms with Gasteiger partial charge in [-0.1, -0.05) is 0 Å². The largest absolute Gasteiger partial charge is 0.491 e. The van der Waals surface area contributed by atoms with E-state index in [4.69, 9.17) is 4.74 Å². The van der Waals surface area contributed by atoms with Crippen molar-refractivity contribution in [1.82, 2.24) is 15.2 Å². The lowest BCUT2D eigenvalue weighted by atomic mass is 10.1. The summed E-state index contributed by atoms with van der Waals surface area (Å²) in [6.07, 6.45) is 3.73. The van der Waals surface area contributed by atoms with Crippen LogP contribution in [0.1, 0.15) is 63.9 Å². The molecule has 0 aliphatic rings. The lowest BCUT2D eigenvalue weighted by molar-refractivity contribution is -0.122. The van der Waals surface area contributed by atoms with Gasteiger partial charge in [-0.25, -0.2) is 0 Å². The van der Waals surface area contributed by atoms with Gasteiger partial charge in [0.05, 0.1) is 6.04 Å². The molecule has 2 N–H and O–H groups in total. The van der Waals surface area contributed by atoms with Crippen molar-refractivity contribution < 1.29 is 14.3 Å². The SMILES string of the molecule is Cc1cc(OC[C@H](C)Nc2ccncc2)cc(C(=O)N(CCC(=O)NC(C)(C)C)C(C)C)c1. The van der Waals surface area contributed by atoms with Gasteiger partial charge < -0.3 is 20.3 Å². The number of benzene rings is 1. The minimum Gasteiger partial charge on any atom is -0.491 e. The zero-order chi connectivity index (χ0) is 24.6. The molecule has 0 unspecified atom stereocenters. The van der Waals surface area contributed by atoms with Gasteiger partial charge in [0, 0.05) is 48.2 Å². The van der Waals surface area contributed by atoms with Crippen LogP contribution in [0.15, 0.2) is 42.7 Å². The number of aromatic nitrogens is 1. The lowest BCUT2D eigenvalue weighted by Crippen LogP contribution is -2.44. The van der Waals surface area contributed by atoms with Crippen LogP contribution in [0, 0.1) is 6.92 Å². The number of ether oxygens (including phenoxy) is 1. The minimum atomic E-state index is -0.296. The molecule has 2 aromatic rings. The third-order valence-corrected chi connectivity index (χ3v) is 4.87. The predicted octanol–water partition coefficient (Wildman–Crippen LogP) is 4.42. The Labute approximate surface area is 197 Å². The van der Waals surface area contributed by atoms with Gasteiger partial charge in [0.25, 0.3) is 5.91 Å². The molecule has 180 valence electrons. The summed E-state index contributed by atoms with van der Waals surface area (Å²) in [5.41, 5.74) is 2.18. The van der Waals surface area contributed by atoms with Crippen molar-refractivity contribution >= 4 is 17.5 Å². The molecule has 1 aromatic carbocycles. The summed E-state index contributed by atoms with van der Waals surface area (Å²) < 4.78 is 5.99. The molecule has 0 saturated carbocycles. The first-order chi connectivity index (χ1) is 15.4. The van der Waals surface area contributed by atoms with Crippen molar-refractivity contribution in [2.75, 3.05) is 18.5 Å². The Kier molecular flexibility index (Phi) is 9.26. The molecule has 7 heteroatoms. The van der Waals surface area contributed by atoms with Crippen LogP contribution in [0.25, 0.3) is 0 Å². The molecule has 33 heavy (non-hydrogen) atoms. The highest BCUT2D eigenvalue weighted by molar-refractivity contribution is 5.95. The predicted molar refractivity (Wildman–Crippen MR) is 133 cm³/mol. The number of hydrogen-bond acceptors (Lipinski definition) is 5. The van der Waals surface area contributed by atoms with Crippen molar-refractivity contribution in [3.63, 3.8) is 0 Å². The lowest BCUT2D eigenvalue weighted by Gasteiger charge is -2.28. The van der Waals surface area contributed by atoms with Gasteiger partial charge in [0.1, 0.15) is 12.4 Å². The molecule has 1 aromatic heterocycles. The highest BCUT2D eigenvalue weighted by atomic mass is 16.5. The van der Waals surface area contributed by atoms with Crippen molar-refractivity contribution in [1.29, 1.82) is 0 Å². The second-order valence-corrected chi connectivity index (χ2v) is 9.77. The Balaban J connectivity index is 2.03. The molecule has 2 amide bonds. The number of anilines is 1. The quantitative estimate of drug-likeness (QED) is 0.555. The van der Waals surface area contributed by atoms with Gasteiger partial charge in [-0.05, 0) is 84.4 Å². The Bertz CT molecular complexity index is 923. The summed E-state index contributed by atoms with van der Waals surface area (Å²) in [4.78, 5) is 31.3. The number of amides is 2. The van der Waals surface area contributed by atoms with Crippen molar-refractivity contribution in [3.8, 4) is 5.75 Å². The fraction of sp³-hybridized carbons (Fsp3) is 0.500. The highest BCUT2D eigenvalue weighted by Crippen LogP contribution is 2.20.